The standard InChI is InChI=1S/C6H11F3/c1-4(2)5(3)6(7,8)9/h4-5H,1-3H3/i4D. The Morgan fingerprint density at radius 1 is 1.22 bits per heavy atom. The van der Waals surface area contributed by atoms with Crippen LogP contribution in [0.4, 0.5) is 13.2 Å². The largest absolute Gasteiger partial charge is 0.391 e. The van der Waals surface area contributed by atoms with Gasteiger partial charge in [-0.3, -0.25) is 0 Å². The molecule has 0 saturated carbocycles. The monoisotopic (exact) mass is 141 g/mol. The first-order valence-electron chi connectivity index (χ1n) is 3.22. The van der Waals surface area contributed by atoms with Crippen LogP contribution in [0, 0.1) is 11.8 Å². The third-order valence-corrected chi connectivity index (χ3v) is 1.36. The summed E-state index contributed by atoms with van der Waals surface area (Å²) in [5, 5.41) is 0. The number of halogens is 3. The Morgan fingerprint density at radius 3 is 1.56 bits per heavy atom. The van der Waals surface area contributed by atoms with Gasteiger partial charge in [0, 0.05) is 1.37 Å². The zero-order valence-corrected chi connectivity index (χ0v) is 5.71. The SMILES string of the molecule is [2H]C(C)(C)C(C)C(F)(F)F. The number of hydrogen-bond donors (Lipinski definition) is 0. The van der Waals surface area contributed by atoms with E-state index in [1.807, 2.05) is 0 Å². The highest BCUT2D eigenvalue weighted by atomic mass is 19.4. The molecule has 0 aromatic heterocycles. The normalized spacial score (nSPS) is 19.1. The van der Waals surface area contributed by atoms with E-state index in [-0.39, 0.29) is 0 Å². The highest BCUT2D eigenvalue weighted by molar-refractivity contribution is 4.64. The zero-order valence-electron chi connectivity index (χ0n) is 6.71. The topological polar surface area (TPSA) is 0 Å². The Morgan fingerprint density at radius 2 is 1.56 bits per heavy atom. The smallest absolute Gasteiger partial charge is 0.171 e. The average molecular weight is 141 g/mol. The van der Waals surface area contributed by atoms with Crippen molar-refractivity contribution in [2.45, 2.75) is 26.9 Å². The van der Waals surface area contributed by atoms with Gasteiger partial charge in [0.15, 0.2) is 0 Å². The molecule has 0 amide bonds. The maximum atomic E-state index is 11.8. The molecular weight excluding hydrogens is 129 g/mol. The Kier molecular flexibility index (Phi) is 1.98. The fourth-order valence-corrected chi connectivity index (χ4v) is 0.327. The molecule has 0 spiro atoms. The lowest BCUT2D eigenvalue weighted by Crippen LogP contribution is -2.24. The van der Waals surface area contributed by atoms with E-state index in [1.54, 1.807) is 0 Å². The van der Waals surface area contributed by atoms with Crippen LogP contribution in [0.15, 0.2) is 0 Å². The Labute approximate surface area is 54.5 Å². The second-order valence-corrected chi connectivity index (χ2v) is 2.34. The second-order valence-electron chi connectivity index (χ2n) is 2.34. The average Bonchev–Trinajstić information content (AvgIpc) is 1.59. The van der Waals surface area contributed by atoms with E-state index in [2.05, 4.69) is 0 Å². The maximum Gasteiger partial charge on any atom is 0.391 e. The van der Waals surface area contributed by atoms with Gasteiger partial charge in [0.25, 0.3) is 0 Å². The van der Waals surface area contributed by atoms with Crippen molar-refractivity contribution in [2.24, 2.45) is 11.8 Å². The first-order chi connectivity index (χ1) is 4.15. The number of hydrogen-bond acceptors (Lipinski definition) is 0. The van der Waals surface area contributed by atoms with Gasteiger partial charge in [-0.2, -0.15) is 13.2 Å². The van der Waals surface area contributed by atoms with Gasteiger partial charge in [0.2, 0.25) is 0 Å². The van der Waals surface area contributed by atoms with E-state index in [4.69, 9.17) is 1.37 Å². The summed E-state index contributed by atoms with van der Waals surface area (Å²) in [4.78, 5) is 0. The van der Waals surface area contributed by atoms with Gasteiger partial charge >= 0.3 is 6.18 Å². The van der Waals surface area contributed by atoms with Crippen molar-refractivity contribution >= 4 is 0 Å². The maximum absolute atomic E-state index is 11.8. The first-order valence-corrected chi connectivity index (χ1v) is 2.72. The van der Waals surface area contributed by atoms with Crippen LogP contribution >= 0.6 is 0 Å². The molecule has 0 aliphatic carbocycles. The quantitative estimate of drug-likeness (QED) is 0.526. The molecule has 0 aromatic carbocycles. The summed E-state index contributed by atoms with van der Waals surface area (Å²) in [7, 11) is 0. The van der Waals surface area contributed by atoms with Gasteiger partial charge in [-0.15, -0.1) is 0 Å². The second kappa shape index (κ2) is 2.58. The van der Waals surface area contributed by atoms with Crippen LogP contribution in [0.1, 0.15) is 22.1 Å². The van der Waals surface area contributed by atoms with Crippen molar-refractivity contribution in [3.8, 4) is 0 Å². The molecule has 0 nitrogen and oxygen atoms in total. The van der Waals surface area contributed by atoms with Crippen LogP contribution in [-0.4, -0.2) is 6.18 Å². The van der Waals surface area contributed by atoms with E-state index in [1.165, 1.54) is 13.8 Å². The molecule has 0 fully saturated rings. The van der Waals surface area contributed by atoms with Gasteiger partial charge in [-0.1, -0.05) is 20.8 Å². The highest BCUT2D eigenvalue weighted by Crippen LogP contribution is 2.30. The Hall–Kier alpha value is -0.210. The predicted molar refractivity (Wildman–Crippen MR) is 30.1 cm³/mol. The fraction of sp³-hybridized carbons (Fsp3) is 1.00. The number of rotatable bonds is 1. The van der Waals surface area contributed by atoms with Crippen LogP contribution in [-0.2, 0) is 0 Å². The molecule has 56 valence electrons. The molecule has 0 aliphatic rings. The van der Waals surface area contributed by atoms with E-state index in [9.17, 15) is 13.2 Å². The molecule has 0 radical (unpaired) electrons. The Bertz CT molecular complexity index is 97.1. The molecule has 0 saturated heterocycles. The highest BCUT2D eigenvalue weighted by Gasteiger charge is 2.37. The summed E-state index contributed by atoms with van der Waals surface area (Å²) in [5.41, 5.74) is 0. The lowest BCUT2D eigenvalue weighted by molar-refractivity contribution is -0.180. The van der Waals surface area contributed by atoms with Gasteiger partial charge in [-0.25, -0.2) is 0 Å². The van der Waals surface area contributed by atoms with Crippen molar-refractivity contribution in [1.82, 2.24) is 0 Å². The number of alkyl halides is 3. The van der Waals surface area contributed by atoms with Crippen molar-refractivity contribution < 1.29 is 14.5 Å². The van der Waals surface area contributed by atoms with Crippen molar-refractivity contribution in [2.75, 3.05) is 0 Å². The third kappa shape index (κ3) is 2.72. The molecule has 3 heteroatoms. The van der Waals surface area contributed by atoms with Gasteiger partial charge in [0.05, 0.1) is 5.92 Å². The first kappa shape index (κ1) is 6.90. The summed E-state index contributed by atoms with van der Waals surface area (Å²) in [6.07, 6.45) is -4.24. The summed E-state index contributed by atoms with van der Waals surface area (Å²) in [6.45, 7) is 3.53. The summed E-state index contributed by atoms with van der Waals surface area (Å²) < 4.78 is 42.5. The van der Waals surface area contributed by atoms with Gasteiger partial charge in [0.1, 0.15) is 0 Å². The molecule has 0 bridgehead atoms. The summed E-state index contributed by atoms with van der Waals surface area (Å²) in [6, 6.07) is 0. The molecule has 1 atom stereocenters. The predicted octanol–water partition coefficient (Wildman–Crippen LogP) is 2.84. The molecule has 0 rings (SSSR count). The van der Waals surface area contributed by atoms with Crippen LogP contribution < -0.4 is 0 Å². The molecule has 0 aromatic rings. The third-order valence-electron chi connectivity index (χ3n) is 1.36. The molecule has 0 aliphatic heterocycles. The molecule has 0 heterocycles. The minimum Gasteiger partial charge on any atom is -0.171 e. The molecule has 0 N–H and O–H groups in total. The lowest BCUT2D eigenvalue weighted by atomic mass is 9.98. The molecular formula is C6H11F3. The van der Waals surface area contributed by atoms with E-state index >= 15 is 0 Å². The minimum absolute atomic E-state index is 1.02. The lowest BCUT2D eigenvalue weighted by Gasteiger charge is -2.18. The van der Waals surface area contributed by atoms with E-state index in [0.29, 0.717) is 0 Å². The van der Waals surface area contributed by atoms with Crippen LogP contribution in [0.2, 0.25) is 0 Å². The van der Waals surface area contributed by atoms with Crippen molar-refractivity contribution in [3.63, 3.8) is 0 Å². The van der Waals surface area contributed by atoms with Crippen LogP contribution in [0.25, 0.3) is 0 Å². The van der Waals surface area contributed by atoms with Gasteiger partial charge < -0.3 is 0 Å². The summed E-state index contributed by atoms with van der Waals surface area (Å²) >= 11 is 0. The Balaban J connectivity index is 4.23. The minimum atomic E-state index is -4.24. The molecule has 9 heavy (non-hydrogen) atoms. The molecule has 1 unspecified atom stereocenters. The van der Waals surface area contributed by atoms with Crippen molar-refractivity contribution in [1.29, 1.82) is 0 Å². The van der Waals surface area contributed by atoms with E-state index < -0.39 is 18.0 Å². The fourth-order valence-electron chi connectivity index (χ4n) is 0.327. The van der Waals surface area contributed by atoms with E-state index in [0.717, 1.165) is 6.92 Å². The zero-order chi connectivity index (χ0) is 8.58. The van der Waals surface area contributed by atoms with Gasteiger partial charge in [-0.05, 0) is 5.89 Å². The summed E-state index contributed by atoms with van der Waals surface area (Å²) in [5.74, 6) is -3.00. The van der Waals surface area contributed by atoms with Crippen LogP contribution in [0.3, 0.4) is 0 Å². The van der Waals surface area contributed by atoms with Crippen LogP contribution in [0.5, 0.6) is 0 Å². The van der Waals surface area contributed by atoms with Crippen molar-refractivity contribution in [3.05, 3.63) is 0 Å².